The van der Waals surface area contributed by atoms with E-state index in [0.717, 1.165) is 24.8 Å². The maximum absolute atomic E-state index is 13.4. The Hall–Kier alpha value is -0.900. The maximum Gasteiger partial charge on any atom is 0.309 e. The fourth-order valence-corrected chi connectivity index (χ4v) is 3.72. The van der Waals surface area contributed by atoms with Gasteiger partial charge in [-0.1, -0.05) is 29.3 Å². The summed E-state index contributed by atoms with van der Waals surface area (Å²) in [6.07, 6.45) is 4.82. The van der Waals surface area contributed by atoms with E-state index in [1.165, 1.54) is 12.1 Å². The second-order valence-electron chi connectivity index (χ2n) is 5.89. The van der Waals surface area contributed by atoms with Crippen molar-refractivity contribution in [1.29, 1.82) is 0 Å². The monoisotopic (exact) mass is 342 g/mol. The average molecular weight is 343 g/mol. The molecule has 110 valence electrons. The van der Waals surface area contributed by atoms with Crippen molar-refractivity contribution in [3.63, 3.8) is 0 Å². The molecule has 1 aromatic carbocycles. The summed E-state index contributed by atoms with van der Waals surface area (Å²) in [5.74, 6) is -0.425. The second kappa shape index (κ2) is 6.25. The van der Waals surface area contributed by atoms with Crippen LogP contribution in [0.1, 0.15) is 44.6 Å². The zero-order valence-electron chi connectivity index (χ0n) is 11.7. The molecule has 20 heavy (non-hydrogen) atoms. The van der Waals surface area contributed by atoms with E-state index in [1.807, 2.05) is 6.07 Å². The molecule has 4 heteroatoms. The van der Waals surface area contributed by atoms with E-state index >= 15 is 0 Å². The summed E-state index contributed by atoms with van der Waals surface area (Å²) in [7, 11) is 0. The molecule has 0 aromatic heterocycles. The van der Waals surface area contributed by atoms with Crippen molar-refractivity contribution in [2.24, 2.45) is 11.3 Å². The molecule has 0 saturated heterocycles. The first-order valence-corrected chi connectivity index (χ1v) is 7.93. The van der Waals surface area contributed by atoms with Gasteiger partial charge in [0.2, 0.25) is 0 Å². The molecule has 1 aliphatic carbocycles. The minimum absolute atomic E-state index is 0.322. The fraction of sp³-hybridized carbons (Fsp3) is 0.562. The number of benzene rings is 1. The number of hydrogen-bond acceptors (Lipinski definition) is 1. The van der Waals surface area contributed by atoms with Crippen molar-refractivity contribution in [2.75, 3.05) is 0 Å². The van der Waals surface area contributed by atoms with Crippen molar-refractivity contribution in [2.45, 2.75) is 45.4 Å². The molecule has 2 rings (SSSR count). The van der Waals surface area contributed by atoms with E-state index in [4.69, 9.17) is 0 Å². The molecule has 0 heterocycles. The Morgan fingerprint density at radius 3 is 2.55 bits per heavy atom. The van der Waals surface area contributed by atoms with Crippen LogP contribution in [0, 0.1) is 17.2 Å². The molecule has 0 unspecified atom stereocenters. The predicted molar refractivity (Wildman–Crippen MR) is 80.1 cm³/mol. The Balaban J connectivity index is 2.20. The lowest BCUT2D eigenvalue weighted by atomic mass is 9.67. The molecule has 0 spiro atoms. The highest BCUT2D eigenvalue weighted by Crippen LogP contribution is 2.43. The van der Waals surface area contributed by atoms with Crippen LogP contribution in [-0.2, 0) is 11.2 Å². The molecule has 1 saturated carbocycles. The van der Waals surface area contributed by atoms with Crippen molar-refractivity contribution < 1.29 is 14.3 Å². The third kappa shape index (κ3) is 3.40. The van der Waals surface area contributed by atoms with E-state index in [0.29, 0.717) is 29.7 Å². The van der Waals surface area contributed by atoms with Crippen LogP contribution in [0.4, 0.5) is 4.39 Å². The van der Waals surface area contributed by atoms with Crippen LogP contribution in [0.15, 0.2) is 22.7 Å². The summed E-state index contributed by atoms with van der Waals surface area (Å²) in [6.45, 7) is 2.15. The van der Waals surface area contributed by atoms with Gasteiger partial charge in [-0.15, -0.1) is 0 Å². The minimum atomic E-state index is -0.743. The highest BCUT2D eigenvalue weighted by atomic mass is 79.9. The van der Waals surface area contributed by atoms with Gasteiger partial charge in [-0.2, -0.15) is 0 Å². The molecule has 0 bridgehead atoms. The van der Waals surface area contributed by atoms with Gasteiger partial charge in [-0.3, -0.25) is 4.79 Å². The Labute approximate surface area is 127 Å². The SMILES string of the molecule is CCC1CCC(Cc2cc(F)cc(Br)c2)(C(=O)O)CC1. The molecule has 0 aliphatic heterocycles. The van der Waals surface area contributed by atoms with Crippen LogP contribution in [-0.4, -0.2) is 11.1 Å². The Morgan fingerprint density at radius 2 is 2.05 bits per heavy atom. The highest BCUT2D eigenvalue weighted by molar-refractivity contribution is 9.10. The van der Waals surface area contributed by atoms with Crippen molar-refractivity contribution in [3.8, 4) is 0 Å². The molecule has 0 amide bonds. The first kappa shape index (κ1) is 15.5. The quantitative estimate of drug-likeness (QED) is 0.852. The smallest absolute Gasteiger partial charge is 0.309 e. The summed E-state index contributed by atoms with van der Waals surface area (Å²) in [6, 6.07) is 4.66. The molecule has 0 radical (unpaired) electrons. The van der Waals surface area contributed by atoms with Gasteiger partial charge >= 0.3 is 5.97 Å². The summed E-state index contributed by atoms with van der Waals surface area (Å²) in [5.41, 5.74) is 0.0352. The van der Waals surface area contributed by atoms with Crippen molar-refractivity contribution in [1.82, 2.24) is 0 Å². The first-order valence-electron chi connectivity index (χ1n) is 7.13. The molecule has 1 aliphatic rings. The van der Waals surface area contributed by atoms with E-state index in [2.05, 4.69) is 22.9 Å². The third-order valence-corrected chi connectivity index (χ3v) is 5.02. The highest BCUT2D eigenvalue weighted by Gasteiger charge is 2.41. The number of carboxylic acid groups (broad SMARTS) is 1. The van der Waals surface area contributed by atoms with Crippen LogP contribution >= 0.6 is 15.9 Å². The van der Waals surface area contributed by atoms with Gasteiger partial charge in [0.15, 0.2) is 0 Å². The summed E-state index contributed by atoms with van der Waals surface area (Å²) in [4.78, 5) is 11.7. The maximum atomic E-state index is 13.4. The molecule has 1 N–H and O–H groups in total. The van der Waals surface area contributed by atoms with E-state index in [-0.39, 0.29) is 5.82 Å². The number of carboxylic acids is 1. The standard InChI is InChI=1S/C16H20BrFO2/c1-2-11-3-5-16(6-4-11,15(19)20)10-12-7-13(17)9-14(18)8-12/h7-9,11H,2-6,10H2,1H3,(H,19,20). The molecule has 0 atom stereocenters. The van der Waals surface area contributed by atoms with Crippen molar-refractivity contribution >= 4 is 21.9 Å². The zero-order chi connectivity index (χ0) is 14.8. The number of halogens is 2. The molecular formula is C16H20BrFO2. The Bertz CT molecular complexity index is 473. The average Bonchev–Trinajstić information content (AvgIpc) is 2.38. The second-order valence-corrected chi connectivity index (χ2v) is 6.81. The van der Waals surface area contributed by atoms with Gasteiger partial charge in [0.25, 0.3) is 0 Å². The van der Waals surface area contributed by atoms with Gasteiger partial charge in [0.05, 0.1) is 5.41 Å². The van der Waals surface area contributed by atoms with Crippen LogP contribution in [0.3, 0.4) is 0 Å². The van der Waals surface area contributed by atoms with Gasteiger partial charge in [0, 0.05) is 4.47 Å². The molecule has 1 fully saturated rings. The first-order chi connectivity index (χ1) is 9.45. The summed E-state index contributed by atoms with van der Waals surface area (Å²) < 4.78 is 14.1. The summed E-state index contributed by atoms with van der Waals surface area (Å²) in [5, 5.41) is 9.64. The topological polar surface area (TPSA) is 37.3 Å². The largest absolute Gasteiger partial charge is 0.481 e. The third-order valence-electron chi connectivity index (χ3n) is 4.56. The van der Waals surface area contributed by atoms with Gasteiger partial charge in [-0.25, -0.2) is 4.39 Å². The van der Waals surface area contributed by atoms with E-state index < -0.39 is 11.4 Å². The van der Waals surface area contributed by atoms with Gasteiger partial charge in [-0.05, 0) is 61.8 Å². The van der Waals surface area contributed by atoms with Crippen LogP contribution in [0.5, 0.6) is 0 Å². The Kier molecular flexibility index (Phi) is 4.84. The molecule has 1 aromatic rings. The lowest BCUT2D eigenvalue weighted by Gasteiger charge is -2.36. The zero-order valence-corrected chi connectivity index (χ0v) is 13.2. The van der Waals surface area contributed by atoms with Crippen LogP contribution < -0.4 is 0 Å². The van der Waals surface area contributed by atoms with Gasteiger partial charge < -0.3 is 5.11 Å². The lowest BCUT2D eigenvalue weighted by molar-refractivity contribution is -0.151. The normalized spacial score (nSPS) is 26.4. The van der Waals surface area contributed by atoms with Crippen molar-refractivity contribution in [3.05, 3.63) is 34.1 Å². The number of aliphatic carboxylic acids is 1. The number of hydrogen-bond donors (Lipinski definition) is 1. The Morgan fingerprint density at radius 1 is 1.40 bits per heavy atom. The molecule has 2 nitrogen and oxygen atoms in total. The van der Waals surface area contributed by atoms with Crippen LogP contribution in [0.25, 0.3) is 0 Å². The van der Waals surface area contributed by atoms with Crippen LogP contribution in [0.2, 0.25) is 0 Å². The van der Waals surface area contributed by atoms with E-state index in [1.54, 1.807) is 0 Å². The number of rotatable bonds is 4. The summed E-state index contributed by atoms with van der Waals surface area (Å²) >= 11 is 3.27. The van der Waals surface area contributed by atoms with E-state index in [9.17, 15) is 14.3 Å². The molecular weight excluding hydrogens is 323 g/mol. The lowest BCUT2D eigenvalue weighted by Crippen LogP contribution is -2.37. The van der Waals surface area contributed by atoms with Gasteiger partial charge in [0.1, 0.15) is 5.82 Å². The number of carbonyl (C=O) groups is 1. The predicted octanol–water partition coefficient (Wildman–Crippen LogP) is 4.80. The fourth-order valence-electron chi connectivity index (χ4n) is 3.21. The minimum Gasteiger partial charge on any atom is -0.481 e.